The number of hydrogen-bond acceptors (Lipinski definition) is 5. The Hall–Kier alpha value is 0.430. The summed E-state index contributed by atoms with van der Waals surface area (Å²) in [5, 5.41) is 10.3. The summed E-state index contributed by atoms with van der Waals surface area (Å²) in [4.78, 5) is 2.19. The number of benzene rings is 1. The van der Waals surface area contributed by atoms with Crippen molar-refractivity contribution in [1.29, 1.82) is 0 Å². The molecule has 1 aromatic rings. The van der Waals surface area contributed by atoms with E-state index in [0.717, 1.165) is 57.5 Å². The molecule has 0 radical (unpaired) electrons. The van der Waals surface area contributed by atoms with Crippen molar-refractivity contribution in [2.24, 2.45) is 0 Å². The fourth-order valence-electron chi connectivity index (χ4n) is 3.11. The maximum atomic E-state index is 10.3. The van der Waals surface area contributed by atoms with Gasteiger partial charge in [-0.2, -0.15) is 0 Å². The van der Waals surface area contributed by atoms with E-state index in [2.05, 4.69) is 66.5 Å². The van der Waals surface area contributed by atoms with Crippen molar-refractivity contribution >= 4 is 60.2 Å². The summed E-state index contributed by atoms with van der Waals surface area (Å²) >= 11 is 10.8. The summed E-state index contributed by atoms with van der Waals surface area (Å²) < 4.78 is 20.1. The van der Waals surface area contributed by atoms with Gasteiger partial charge in [0.15, 0.2) is 11.5 Å². The molecule has 3 rings (SSSR count). The zero-order valence-electron chi connectivity index (χ0n) is 14.7. The van der Waals surface area contributed by atoms with E-state index >= 15 is 0 Å². The molecule has 0 aromatic heterocycles. The van der Waals surface area contributed by atoms with Crippen LogP contribution in [-0.4, -0.2) is 61.2 Å². The Morgan fingerprint density at radius 1 is 1.15 bits per heavy atom. The Balaban J connectivity index is 0.00000243. The van der Waals surface area contributed by atoms with Gasteiger partial charge in [-0.15, -0.1) is 12.4 Å². The lowest BCUT2D eigenvalue weighted by molar-refractivity contribution is 0.00414. The molecule has 1 saturated heterocycles. The van der Waals surface area contributed by atoms with Gasteiger partial charge in [0.1, 0.15) is 18.3 Å². The van der Waals surface area contributed by atoms with Crippen LogP contribution in [0.2, 0.25) is 0 Å². The van der Waals surface area contributed by atoms with E-state index in [4.69, 9.17) is 14.2 Å². The molecule has 0 bridgehead atoms. The first-order valence-electron chi connectivity index (χ1n) is 8.28. The van der Waals surface area contributed by atoms with Gasteiger partial charge < -0.3 is 19.3 Å². The number of β-amino-alcohol motifs (C(OH)–C–C–N with tert-alkyl or cyclic N) is 1. The molecule has 1 aromatic carbocycles. The smallest absolute Gasteiger partial charge is 0.177 e. The van der Waals surface area contributed by atoms with Gasteiger partial charge in [-0.05, 0) is 61.6 Å². The van der Waals surface area contributed by atoms with Crippen molar-refractivity contribution < 1.29 is 19.3 Å². The van der Waals surface area contributed by atoms with Crippen LogP contribution in [0.4, 0.5) is 0 Å². The number of nitrogens with zero attached hydrogens (tertiary/aromatic N) is 1. The monoisotopic (exact) mass is 577 g/mol. The SMILES string of the molecule is CC1(C)Cc2c(Br)c(Br)c(Br)c(OCC(O)CN3CCOCC3)c2O1.Cl. The molecule has 0 spiro atoms. The Kier molecular flexibility index (Phi) is 8.11. The Morgan fingerprint density at radius 2 is 1.81 bits per heavy atom. The van der Waals surface area contributed by atoms with Gasteiger partial charge in [0.25, 0.3) is 0 Å². The molecular weight excluding hydrogens is 557 g/mol. The molecule has 0 aliphatic carbocycles. The highest BCUT2D eigenvalue weighted by Crippen LogP contribution is 2.53. The lowest BCUT2D eigenvalue weighted by Crippen LogP contribution is -2.42. The minimum Gasteiger partial charge on any atom is -0.486 e. The number of fused-ring (bicyclic) bond motifs is 1. The van der Waals surface area contributed by atoms with E-state index in [1.54, 1.807) is 0 Å². The summed E-state index contributed by atoms with van der Waals surface area (Å²) in [6.07, 6.45) is 0.221. The molecule has 26 heavy (non-hydrogen) atoms. The third-order valence-electron chi connectivity index (χ3n) is 4.30. The van der Waals surface area contributed by atoms with E-state index in [0.29, 0.717) is 12.3 Å². The Morgan fingerprint density at radius 3 is 2.46 bits per heavy atom. The van der Waals surface area contributed by atoms with Gasteiger partial charge in [-0.1, -0.05) is 0 Å². The molecule has 5 nitrogen and oxygen atoms in total. The normalized spacial score (nSPS) is 20.1. The van der Waals surface area contributed by atoms with E-state index in [9.17, 15) is 5.11 Å². The average molecular weight is 581 g/mol. The van der Waals surface area contributed by atoms with E-state index in [-0.39, 0.29) is 24.6 Å². The summed E-state index contributed by atoms with van der Waals surface area (Å²) in [5.41, 5.74) is 0.799. The first kappa shape index (κ1) is 22.7. The van der Waals surface area contributed by atoms with Crippen LogP contribution in [-0.2, 0) is 11.2 Å². The zero-order chi connectivity index (χ0) is 18.2. The molecule has 148 valence electrons. The fraction of sp³-hybridized carbons (Fsp3) is 0.647. The molecule has 1 atom stereocenters. The van der Waals surface area contributed by atoms with Crippen molar-refractivity contribution in [3.05, 3.63) is 19.0 Å². The van der Waals surface area contributed by atoms with Crippen LogP contribution in [0.5, 0.6) is 11.5 Å². The second-order valence-electron chi connectivity index (χ2n) is 7.00. The van der Waals surface area contributed by atoms with Crippen molar-refractivity contribution in [2.45, 2.75) is 32.0 Å². The van der Waals surface area contributed by atoms with Gasteiger partial charge in [0.2, 0.25) is 0 Å². The van der Waals surface area contributed by atoms with Crippen molar-refractivity contribution in [3.8, 4) is 11.5 Å². The van der Waals surface area contributed by atoms with E-state index in [1.165, 1.54) is 0 Å². The second kappa shape index (κ2) is 9.29. The predicted molar refractivity (Wildman–Crippen MR) is 114 cm³/mol. The van der Waals surface area contributed by atoms with Gasteiger partial charge >= 0.3 is 0 Å². The number of aliphatic hydroxyl groups excluding tert-OH is 1. The molecule has 2 aliphatic rings. The van der Waals surface area contributed by atoms with E-state index < -0.39 is 6.10 Å². The minimum absolute atomic E-state index is 0. The average Bonchev–Trinajstić information content (AvgIpc) is 2.89. The highest BCUT2D eigenvalue weighted by molar-refractivity contribution is 9.14. The number of ether oxygens (including phenoxy) is 3. The molecular formula is C17H23Br3ClNO4. The third-order valence-corrected chi connectivity index (χ3v) is 7.79. The van der Waals surface area contributed by atoms with Gasteiger partial charge in [0.05, 0.1) is 22.2 Å². The van der Waals surface area contributed by atoms with Crippen molar-refractivity contribution in [3.63, 3.8) is 0 Å². The number of halogens is 4. The van der Waals surface area contributed by atoms with Crippen molar-refractivity contribution in [1.82, 2.24) is 4.90 Å². The quantitative estimate of drug-likeness (QED) is 0.530. The van der Waals surface area contributed by atoms with Crippen LogP contribution in [0.3, 0.4) is 0 Å². The third kappa shape index (κ3) is 5.07. The van der Waals surface area contributed by atoms with Crippen LogP contribution in [0.1, 0.15) is 19.4 Å². The number of hydrogen-bond donors (Lipinski definition) is 1. The topological polar surface area (TPSA) is 51.2 Å². The minimum atomic E-state index is -0.572. The van der Waals surface area contributed by atoms with Gasteiger partial charge in [-0.25, -0.2) is 0 Å². The summed E-state index contributed by atoms with van der Waals surface area (Å²) in [6.45, 7) is 8.02. The molecule has 1 N–H and O–H groups in total. The summed E-state index contributed by atoms with van der Waals surface area (Å²) in [5.74, 6) is 1.38. The number of morpholine rings is 1. The van der Waals surface area contributed by atoms with Crippen LogP contribution >= 0.6 is 60.2 Å². The van der Waals surface area contributed by atoms with Crippen LogP contribution < -0.4 is 9.47 Å². The molecule has 1 unspecified atom stereocenters. The van der Waals surface area contributed by atoms with Crippen LogP contribution in [0, 0.1) is 0 Å². The van der Waals surface area contributed by atoms with E-state index in [1.807, 2.05) is 0 Å². The van der Waals surface area contributed by atoms with Crippen LogP contribution in [0.25, 0.3) is 0 Å². The molecule has 0 amide bonds. The summed E-state index contributed by atoms with van der Waals surface area (Å²) in [7, 11) is 0. The molecule has 9 heteroatoms. The number of aliphatic hydroxyl groups is 1. The number of rotatable bonds is 5. The lowest BCUT2D eigenvalue weighted by Gasteiger charge is -2.28. The standard InChI is InChI=1S/C17H22Br3NO4.ClH/c1-17(2)7-11-12(18)13(19)14(20)16(15(11)25-17)24-9-10(22)8-21-3-5-23-6-4-21;/h10,22H,3-9H2,1-2H3;1H. The van der Waals surface area contributed by atoms with Crippen molar-refractivity contribution in [2.75, 3.05) is 39.5 Å². The predicted octanol–water partition coefficient (Wildman–Crippen LogP) is 4.18. The lowest BCUT2D eigenvalue weighted by atomic mass is 10.0. The maximum absolute atomic E-state index is 10.3. The molecule has 0 saturated carbocycles. The Bertz CT molecular complexity index is 654. The second-order valence-corrected chi connectivity index (χ2v) is 9.37. The Labute approximate surface area is 185 Å². The fourth-order valence-corrected chi connectivity index (χ4v) is 4.81. The first-order valence-corrected chi connectivity index (χ1v) is 10.7. The molecule has 2 heterocycles. The maximum Gasteiger partial charge on any atom is 0.177 e. The highest BCUT2D eigenvalue weighted by atomic mass is 79.9. The molecule has 2 aliphatic heterocycles. The molecule has 1 fully saturated rings. The van der Waals surface area contributed by atoms with Gasteiger partial charge in [0, 0.05) is 36.1 Å². The van der Waals surface area contributed by atoms with Gasteiger partial charge in [-0.3, -0.25) is 4.90 Å². The zero-order valence-corrected chi connectivity index (χ0v) is 20.3. The first-order chi connectivity index (χ1) is 11.8. The highest BCUT2D eigenvalue weighted by Gasteiger charge is 2.37. The largest absolute Gasteiger partial charge is 0.486 e. The van der Waals surface area contributed by atoms with Crippen LogP contribution in [0.15, 0.2) is 13.4 Å². The summed E-state index contributed by atoms with van der Waals surface area (Å²) in [6, 6.07) is 0.